The highest BCUT2D eigenvalue weighted by Crippen LogP contribution is 2.26. The van der Waals surface area contributed by atoms with Gasteiger partial charge in [-0.3, -0.25) is 19.6 Å². The van der Waals surface area contributed by atoms with Crippen LogP contribution in [0.3, 0.4) is 0 Å². The van der Waals surface area contributed by atoms with Gasteiger partial charge < -0.3 is 15.5 Å². The Labute approximate surface area is 181 Å². The van der Waals surface area contributed by atoms with Crippen molar-refractivity contribution >= 4 is 35.8 Å². The molecule has 0 bridgehead atoms. The molecule has 3 fully saturated rings. The first kappa shape index (κ1) is 22.7. The largest absolute Gasteiger partial charge is 0.355 e. The molecule has 0 spiro atoms. The fraction of sp³-hybridized carbons (Fsp3) is 0.895. The number of guanidine groups is 1. The number of carbonyl (C=O) groups is 1. The number of piperazine rings is 1. The van der Waals surface area contributed by atoms with Crippen LogP contribution in [0.2, 0.25) is 0 Å². The zero-order chi connectivity index (χ0) is 18.4. The molecule has 3 aliphatic rings. The van der Waals surface area contributed by atoms with Gasteiger partial charge in [0.15, 0.2) is 5.96 Å². The van der Waals surface area contributed by atoms with Crippen LogP contribution in [0.5, 0.6) is 0 Å². The smallest absolute Gasteiger partial charge is 0.219 e. The number of hydrogen-bond acceptors (Lipinski definition) is 4. The van der Waals surface area contributed by atoms with Crippen LogP contribution in [0.25, 0.3) is 0 Å². The van der Waals surface area contributed by atoms with Crippen LogP contribution in [-0.2, 0) is 4.79 Å². The maximum Gasteiger partial charge on any atom is 0.219 e. The Morgan fingerprint density at radius 2 is 1.78 bits per heavy atom. The van der Waals surface area contributed by atoms with Crippen LogP contribution in [-0.4, -0.2) is 98.1 Å². The average molecular weight is 492 g/mol. The summed E-state index contributed by atoms with van der Waals surface area (Å²) < 4.78 is 0. The van der Waals surface area contributed by atoms with Gasteiger partial charge in [0, 0.05) is 78.4 Å². The fourth-order valence-corrected chi connectivity index (χ4v) is 4.51. The Morgan fingerprint density at radius 1 is 1.07 bits per heavy atom. The summed E-state index contributed by atoms with van der Waals surface area (Å²) in [7, 11) is 1.85. The SMILES string of the molecule is CN=C(NCCN1CCN(C(C)=O)CC1)NC1CCN(C2CCCC2)C1.I. The van der Waals surface area contributed by atoms with Crippen molar-refractivity contribution in [3.05, 3.63) is 0 Å². The molecule has 156 valence electrons. The minimum absolute atomic E-state index is 0. The number of rotatable bonds is 5. The molecule has 1 atom stereocenters. The summed E-state index contributed by atoms with van der Waals surface area (Å²) in [5.41, 5.74) is 0. The van der Waals surface area contributed by atoms with Crippen molar-refractivity contribution in [2.24, 2.45) is 4.99 Å². The third-order valence-corrected chi connectivity index (χ3v) is 6.16. The van der Waals surface area contributed by atoms with Gasteiger partial charge >= 0.3 is 0 Å². The van der Waals surface area contributed by atoms with Gasteiger partial charge in [0.05, 0.1) is 0 Å². The van der Waals surface area contributed by atoms with Crippen molar-refractivity contribution in [1.29, 1.82) is 0 Å². The summed E-state index contributed by atoms with van der Waals surface area (Å²) in [6.45, 7) is 9.53. The molecule has 3 rings (SSSR count). The standard InChI is InChI=1S/C19H36N6O.HI/c1-16(26)24-13-11-23(12-14-24)10-8-21-19(20-2)22-17-7-9-25(15-17)18-5-3-4-6-18;/h17-18H,3-15H2,1-2H3,(H2,20,21,22);1H. The van der Waals surface area contributed by atoms with Crippen LogP contribution in [0.4, 0.5) is 0 Å². The van der Waals surface area contributed by atoms with Gasteiger partial charge in [0.2, 0.25) is 5.91 Å². The Bertz CT molecular complexity index is 489. The lowest BCUT2D eigenvalue weighted by molar-refractivity contribution is -0.130. The van der Waals surface area contributed by atoms with Gasteiger partial charge in [-0.1, -0.05) is 12.8 Å². The molecular formula is C19H37IN6O. The van der Waals surface area contributed by atoms with Gasteiger partial charge in [-0.25, -0.2) is 0 Å². The third kappa shape index (κ3) is 6.74. The van der Waals surface area contributed by atoms with E-state index in [0.29, 0.717) is 6.04 Å². The second kappa shape index (κ2) is 11.4. The molecule has 27 heavy (non-hydrogen) atoms. The number of amides is 1. The number of hydrogen-bond donors (Lipinski definition) is 2. The van der Waals surface area contributed by atoms with Crippen LogP contribution in [0, 0.1) is 0 Å². The molecule has 2 heterocycles. The molecule has 1 aliphatic carbocycles. The Kier molecular flexibility index (Phi) is 9.58. The van der Waals surface area contributed by atoms with Crippen molar-refractivity contribution in [2.75, 3.05) is 59.4 Å². The summed E-state index contributed by atoms with van der Waals surface area (Å²) in [6.07, 6.45) is 6.80. The second-order valence-electron chi connectivity index (χ2n) is 7.91. The van der Waals surface area contributed by atoms with Crippen LogP contribution in [0.1, 0.15) is 39.0 Å². The zero-order valence-corrected chi connectivity index (χ0v) is 19.3. The molecular weight excluding hydrogens is 455 g/mol. The molecule has 2 aliphatic heterocycles. The summed E-state index contributed by atoms with van der Waals surface area (Å²) in [4.78, 5) is 22.8. The number of halogens is 1. The van der Waals surface area contributed by atoms with Crippen molar-refractivity contribution in [1.82, 2.24) is 25.3 Å². The molecule has 0 aromatic heterocycles. The Balaban J connectivity index is 0.00000261. The Morgan fingerprint density at radius 3 is 2.41 bits per heavy atom. The predicted octanol–water partition coefficient (Wildman–Crippen LogP) is 0.950. The van der Waals surface area contributed by atoms with Gasteiger partial charge in [0.25, 0.3) is 0 Å². The highest BCUT2D eigenvalue weighted by molar-refractivity contribution is 14.0. The van der Waals surface area contributed by atoms with Crippen molar-refractivity contribution in [2.45, 2.75) is 51.1 Å². The molecule has 2 N–H and O–H groups in total. The van der Waals surface area contributed by atoms with Gasteiger partial charge in [0.1, 0.15) is 0 Å². The summed E-state index contributed by atoms with van der Waals surface area (Å²) in [5.74, 6) is 1.11. The molecule has 2 saturated heterocycles. The van der Waals surface area contributed by atoms with E-state index in [4.69, 9.17) is 0 Å². The molecule has 7 nitrogen and oxygen atoms in total. The van der Waals surface area contributed by atoms with E-state index in [-0.39, 0.29) is 29.9 Å². The highest BCUT2D eigenvalue weighted by atomic mass is 127. The van der Waals surface area contributed by atoms with E-state index in [0.717, 1.165) is 57.8 Å². The number of carbonyl (C=O) groups excluding carboxylic acids is 1. The second-order valence-corrected chi connectivity index (χ2v) is 7.91. The lowest BCUT2D eigenvalue weighted by Crippen LogP contribution is -2.51. The monoisotopic (exact) mass is 492 g/mol. The van der Waals surface area contributed by atoms with E-state index in [1.165, 1.54) is 38.6 Å². The van der Waals surface area contributed by atoms with Gasteiger partial charge in [-0.05, 0) is 19.3 Å². The normalized spacial score (nSPS) is 25.5. The fourth-order valence-electron chi connectivity index (χ4n) is 4.51. The summed E-state index contributed by atoms with van der Waals surface area (Å²) in [6, 6.07) is 1.34. The van der Waals surface area contributed by atoms with E-state index in [2.05, 4.69) is 25.4 Å². The minimum Gasteiger partial charge on any atom is -0.355 e. The van der Waals surface area contributed by atoms with Crippen LogP contribution in [0.15, 0.2) is 4.99 Å². The number of nitrogens with one attached hydrogen (secondary N) is 2. The molecule has 8 heteroatoms. The van der Waals surface area contributed by atoms with Gasteiger partial charge in [-0.15, -0.1) is 24.0 Å². The van der Waals surface area contributed by atoms with Crippen molar-refractivity contribution in [3.8, 4) is 0 Å². The van der Waals surface area contributed by atoms with Gasteiger partial charge in [-0.2, -0.15) is 0 Å². The first-order valence-electron chi connectivity index (χ1n) is 10.3. The molecule has 1 unspecified atom stereocenters. The van der Waals surface area contributed by atoms with E-state index < -0.39 is 0 Å². The van der Waals surface area contributed by atoms with Crippen molar-refractivity contribution in [3.63, 3.8) is 0 Å². The predicted molar refractivity (Wildman–Crippen MR) is 121 cm³/mol. The number of nitrogens with zero attached hydrogens (tertiary/aromatic N) is 4. The van der Waals surface area contributed by atoms with E-state index in [9.17, 15) is 4.79 Å². The van der Waals surface area contributed by atoms with E-state index in [1.54, 1.807) is 6.92 Å². The lowest BCUT2D eigenvalue weighted by Gasteiger charge is -2.34. The first-order chi connectivity index (χ1) is 12.7. The highest BCUT2D eigenvalue weighted by Gasteiger charge is 2.30. The number of likely N-dealkylation sites (tertiary alicyclic amines) is 1. The Hall–Kier alpha value is -0.610. The summed E-state index contributed by atoms with van der Waals surface area (Å²) >= 11 is 0. The van der Waals surface area contributed by atoms with Crippen LogP contribution < -0.4 is 10.6 Å². The average Bonchev–Trinajstić information content (AvgIpc) is 3.33. The maximum absolute atomic E-state index is 11.4. The molecule has 1 amide bonds. The van der Waals surface area contributed by atoms with Crippen molar-refractivity contribution < 1.29 is 4.79 Å². The topological polar surface area (TPSA) is 63.2 Å². The maximum atomic E-state index is 11.4. The third-order valence-electron chi connectivity index (χ3n) is 6.16. The molecule has 1 saturated carbocycles. The summed E-state index contributed by atoms with van der Waals surface area (Å²) in [5, 5.41) is 7.06. The van der Waals surface area contributed by atoms with E-state index >= 15 is 0 Å². The molecule has 0 radical (unpaired) electrons. The number of aliphatic imine (C=N–C) groups is 1. The minimum atomic E-state index is 0. The lowest BCUT2D eigenvalue weighted by atomic mass is 10.2. The molecule has 0 aromatic rings. The zero-order valence-electron chi connectivity index (χ0n) is 17.0. The van der Waals surface area contributed by atoms with Crippen LogP contribution >= 0.6 is 24.0 Å². The molecule has 0 aromatic carbocycles. The van der Waals surface area contributed by atoms with E-state index in [1.807, 2.05) is 11.9 Å². The quantitative estimate of drug-likeness (QED) is 0.340. The first-order valence-corrected chi connectivity index (χ1v) is 10.3.